The second kappa shape index (κ2) is 2.31. The van der Waals surface area contributed by atoms with E-state index in [0.29, 0.717) is 10.9 Å². The standard InChI is InChI=1S/C8H3FN2O/c9-5-1-2-6-7(3-5)11-12-8(6)4-10/h1-3H. The Balaban J connectivity index is 2.84. The smallest absolute Gasteiger partial charge is 0.243 e. The van der Waals surface area contributed by atoms with Gasteiger partial charge in [0.25, 0.3) is 0 Å². The van der Waals surface area contributed by atoms with Crippen LogP contribution in [0.15, 0.2) is 22.7 Å². The Labute approximate surface area is 67.0 Å². The molecule has 0 spiro atoms. The van der Waals surface area contributed by atoms with Crippen LogP contribution in [0.1, 0.15) is 5.76 Å². The summed E-state index contributed by atoms with van der Waals surface area (Å²) in [5.74, 6) is -0.273. The van der Waals surface area contributed by atoms with Gasteiger partial charge in [-0.2, -0.15) is 5.26 Å². The minimum absolute atomic E-state index is 0.116. The third kappa shape index (κ3) is 0.839. The molecule has 4 heteroatoms. The van der Waals surface area contributed by atoms with E-state index < -0.39 is 0 Å². The third-order valence-electron chi connectivity index (χ3n) is 1.54. The summed E-state index contributed by atoms with van der Waals surface area (Å²) in [6, 6.07) is 5.78. The van der Waals surface area contributed by atoms with Gasteiger partial charge in [0.2, 0.25) is 5.76 Å². The van der Waals surface area contributed by atoms with Gasteiger partial charge in [-0.15, -0.1) is 0 Å². The molecular formula is C8H3FN2O. The van der Waals surface area contributed by atoms with Crippen LogP contribution in [-0.2, 0) is 0 Å². The Hall–Kier alpha value is -1.89. The molecule has 2 aromatic rings. The fraction of sp³-hybridized carbons (Fsp3) is 0. The number of halogens is 1. The summed E-state index contributed by atoms with van der Waals surface area (Å²) in [4.78, 5) is 0. The topological polar surface area (TPSA) is 49.8 Å². The fourth-order valence-electron chi connectivity index (χ4n) is 0.997. The summed E-state index contributed by atoms with van der Waals surface area (Å²) in [6.07, 6.45) is 0. The second-order valence-corrected chi connectivity index (χ2v) is 2.28. The Morgan fingerprint density at radius 1 is 1.50 bits per heavy atom. The Bertz CT molecular complexity index is 469. The quantitative estimate of drug-likeness (QED) is 0.593. The van der Waals surface area contributed by atoms with Crippen LogP contribution in [0.5, 0.6) is 0 Å². The molecule has 0 saturated heterocycles. The summed E-state index contributed by atoms with van der Waals surface area (Å²) in [5.41, 5.74) is 0.367. The number of benzene rings is 1. The third-order valence-corrected chi connectivity index (χ3v) is 1.54. The molecule has 0 atom stereocenters. The van der Waals surface area contributed by atoms with Crippen molar-refractivity contribution in [3.05, 3.63) is 29.8 Å². The van der Waals surface area contributed by atoms with Crippen molar-refractivity contribution in [1.29, 1.82) is 5.26 Å². The minimum Gasteiger partial charge on any atom is -0.344 e. The molecule has 0 saturated carbocycles. The average Bonchev–Trinajstić information content (AvgIpc) is 2.46. The lowest BCUT2D eigenvalue weighted by Gasteiger charge is -1.85. The van der Waals surface area contributed by atoms with E-state index in [0.717, 1.165) is 0 Å². The van der Waals surface area contributed by atoms with Gasteiger partial charge in [0.05, 0.1) is 5.39 Å². The largest absolute Gasteiger partial charge is 0.344 e. The lowest BCUT2D eigenvalue weighted by molar-refractivity contribution is 0.418. The lowest BCUT2D eigenvalue weighted by atomic mass is 10.2. The van der Waals surface area contributed by atoms with Crippen LogP contribution in [0.3, 0.4) is 0 Å². The first kappa shape index (κ1) is 6.80. The Morgan fingerprint density at radius 2 is 2.33 bits per heavy atom. The van der Waals surface area contributed by atoms with Gasteiger partial charge in [-0.1, -0.05) is 5.16 Å². The SMILES string of the molecule is N#Cc1onc2cc(F)ccc12. The zero-order valence-corrected chi connectivity index (χ0v) is 5.91. The Morgan fingerprint density at radius 3 is 3.08 bits per heavy atom. The predicted octanol–water partition coefficient (Wildman–Crippen LogP) is 1.84. The monoisotopic (exact) mass is 162 g/mol. The van der Waals surface area contributed by atoms with Crippen molar-refractivity contribution in [1.82, 2.24) is 5.16 Å². The highest BCUT2D eigenvalue weighted by Gasteiger charge is 2.06. The van der Waals surface area contributed by atoms with Crippen molar-refractivity contribution >= 4 is 10.9 Å². The maximum Gasteiger partial charge on any atom is 0.243 e. The van der Waals surface area contributed by atoms with Gasteiger partial charge in [-0.3, -0.25) is 0 Å². The molecule has 0 N–H and O–H groups in total. The molecule has 0 bridgehead atoms. The van der Waals surface area contributed by atoms with Crippen molar-refractivity contribution in [2.45, 2.75) is 0 Å². The van der Waals surface area contributed by atoms with E-state index in [1.807, 2.05) is 6.07 Å². The van der Waals surface area contributed by atoms with Crippen LogP contribution >= 0.6 is 0 Å². The van der Waals surface area contributed by atoms with E-state index in [9.17, 15) is 4.39 Å². The summed E-state index contributed by atoms with van der Waals surface area (Å²) in [6.45, 7) is 0. The molecule has 1 aromatic carbocycles. The first-order valence-electron chi connectivity index (χ1n) is 3.26. The lowest BCUT2D eigenvalue weighted by Crippen LogP contribution is -1.73. The highest BCUT2D eigenvalue weighted by atomic mass is 19.1. The van der Waals surface area contributed by atoms with Crippen LogP contribution in [0, 0.1) is 17.1 Å². The first-order valence-corrected chi connectivity index (χ1v) is 3.26. The van der Waals surface area contributed by atoms with Gasteiger partial charge >= 0.3 is 0 Å². The van der Waals surface area contributed by atoms with Crippen molar-refractivity contribution in [3.8, 4) is 6.07 Å². The van der Waals surface area contributed by atoms with E-state index >= 15 is 0 Å². The Kier molecular flexibility index (Phi) is 1.31. The van der Waals surface area contributed by atoms with Gasteiger partial charge < -0.3 is 4.52 Å². The maximum atomic E-state index is 12.6. The molecule has 1 aromatic heterocycles. The molecule has 0 radical (unpaired) electrons. The summed E-state index contributed by atoms with van der Waals surface area (Å²) in [7, 11) is 0. The van der Waals surface area contributed by atoms with E-state index in [2.05, 4.69) is 9.68 Å². The van der Waals surface area contributed by atoms with Gasteiger partial charge in [0, 0.05) is 6.07 Å². The van der Waals surface area contributed by atoms with Crippen molar-refractivity contribution < 1.29 is 8.91 Å². The minimum atomic E-state index is -0.389. The number of hydrogen-bond donors (Lipinski definition) is 0. The van der Waals surface area contributed by atoms with E-state index in [4.69, 9.17) is 5.26 Å². The molecule has 3 nitrogen and oxygen atoms in total. The molecule has 0 aliphatic heterocycles. The highest BCUT2D eigenvalue weighted by molar-refractivity contribution is 5.82. The molecule has 0 aliphatic rings. The van der Waals surface area contributed by atoms with Crippen LogP contribution in [-0.4, -0.2) is 5.16 Å². The fourth-order valence-corrected chi connectivity index (χ4v) is 0.997. The predicted molar refractivity (Wildman–Crippen MR) is 38.7 cm³/mol. The molecular weight excluding hydrogens is 159 g/mol. The number of nitriles is 1. The van der Waals surface area contributed by atoms with Gasteiger partial charge in [0.1, 0.15) is 17.4 Å². The van der Waals surface area contributed by atoms with Gasteiger partial charge in [0.15, 0.2) is 0 Å². The molecule has 0 amide bonds. The van der Waals surface area contributed by atoms with E-state index in [-0.39, 0.29) is 11.6 Å². The number of fused-ring (bicyclic) bond motifs is 1. The first-order chi connectivity index (χ1) is 5.81. The molecule has 58 valence electrons. The average molecular weight is 162 g/mol. The number of hydrogen-bond acceptors (Lipinski definition) is 3. The van der Waals surface area contributed by atoms with Crippen LogP contribution in [0.25, 0.3) is 10.9 Å². The molecule has 0 unspecified atom stereocenters. The second-order valence-electron chi connectivity index (χ2n) is 2.28. The number of rotatable bonds is 0. The van der Waals surface area contributed by atoms with Crippen molar-refractivity contribution in [2.24, 2.45) is 0 Å². The normalized spacial score (nSPS) is 10.0. The van der Waals surface area contributed by atoms with E-state index in [1.54, 1.807) is 0 Å². The van der Waals surface area contributed by atoms with Crippen LogP contribution in [0.2, 0.25) is 0 Å². The van der Waals surface area contributed by atoms with Crippen LogP contribution in [0.4, 0.5) is 4.39 Å². The zero-order chi connectivity index (χ0) is 8.55. The molecule has 12 heavy (non-hydrogen) atoms. The summed E-state index contributed by atoms with van der Waals surface area (Å²) >= 11 is 0. The maximum absolute atomic E-state index is 12.6. The number of aromatic nitrogens is 1. The van der Waals surface area contributed by atoms with E-state index in [1.165, 1.54) is 18.2 Å². The molecule has 1 heterocycles. The van der Waals surface area contributed by atoms with Gasteiger partial charge in [-0.05, 0) is 12.1 Å². The number of nitrogens with zero attached hydrogens (tertiary/aromatic N) is 2. The van der Waals surface area contributed by atoms with Crippen molar-refractivity contribution in [2.75, 3.05) is 0 Å². The molecule has 0 fully saturated rings. The van der Waals surface area contributed by atoms with Crippen molar-refractivity contribution in [3.63, 3.8) is 0 Å². The summed E-state index contributed by atoms with van der Waals surface area (Å²) in [5, 5.41) is 12.6. The molecule has 0 aliphatic carbocycles. The zero-order valence-electron chi connectivity index (χ0n) is 5.91. The summed E-state index contributed by atoms with van der Waals surface area (Å²) < 4.78 is 17.2. The highest BCUT2D eigenvalue weighted by Crippen LogP contribution is 2.17. The van der Waals surface area contributed by atoms with Gasteiger partial charge in [-0.25, -0.2) is 4.39 Å². The van der Waals surface area contributed by atoms with Crippen LogP contribution < -0.4 is 0 Å². The molecule has 2 rings (SSSR count).